The van der Waals surface area contributed by atoms with E-state index in [1.165, 1.54) is 0 Å². The molecule has 2 heterocycles. The molecule has 1 fully saturated rings. The Labute approximate surface area is 157 Å². The van der Waals surface area contributed by atoms with E-state index in [0.717, 1.165) is 22.0 Å². The first-order valence-corrected chi connectivity index (χ1v) is 9.67. The van der Waals surface area contributed by atoms with Crippen molar-refractivity contribution in [2.24, 2.45) is 0 Å². The van der Waals surface area contributed by atoms with Gasteiger partial charge in [-0.15, -0.1) is 11.8 Å². The predicted octanol–water partition coefficient (Wildman–Crippen LogP) is 3.15. The molecule has 26 heavy (non-hydrogen) atoms. The van der Waals surface area contributed by atoms with Crippen LogP contribution < -0.4 is 9.47 Å². The Bertz CT molecular complexity index is 762. The number of fused-ring (bicyclic) bond motifs is 1. The van der Waals surface area contributed by atoms with Crippen molar-refractivity contribution in [3.8, 4) is 11.5 Å². The minimum Gasteiger partial charge on any atom is -0.486 e. The van der Waals surface area contributed by atoms with Crippen molar-refractivity contribution in [2.45, 2.75) is 10.1 Å². The number of hydrogen-bond acceptors (Lipinski definition) is 5. The second-order valence-corrected chi connectivity index (χ2v) is 7.33. The van der Waals surface area contributed by atoms with Crippen molar-refractivity contribution in [3.05, 3.63) is 54.1 Å². The van der Waals surface area contributed by atoms with E-state index in [9.17, 15) is 4.79 Å². The van der Waals surface area contributed by atoms with Crippen molar-refractivity contribution in [1.82, 2.24) is 4.90 Å². The van der Waals surface area contributed by atoms with Crippen molar-refractivity contribution < 1.29 is 19.0 Å². The van der Waals surface area contributed by atoms with Crippen LogP contribution in [0.3, 0.4) is 0 Å². The topological polar surface area (TPSA) is 48.0 Å². The number of hydrogen-bond donors (Lipinski definition) is 0. The van der Waals surface area contributed by atoms with Gasteiger partial charge in [0.15, 0.2) is 11.5 Å². The fraction of sp³-hybridized carbons (Fsp3) is 0.350. The number of ether oxygens (including phenoxy) is 3. The van der Waals surface area contributed by atoms with Crippen LogP contribution in [0.1, 0.15) is 10.8 Å². The lowest BCUT2D eigenvalue weighted by atomic mass is 10.1. The zero-order valence-corrected chi connectivity index (χ0v) is 15.2. The maximum atomic E-state index is 13.2. The summed E-state index contributed by atoms with van der Waals surface area (Å²) in [5, 5.41) is -0.295. The van der Waals surface area contributed by atoms with Crippen LogP contribution in [0.15, 0.2) is 53.4 Å². The Morgan fingerprint density at radius 2 is 1.65 bits per heavy atom. The molecule has 1 saturated heterocycles. The molecule has 136 valence electrons. The van der Waals surface area contributed by atoms with Crippen LogP contribution in [-0.4, -0.2) is 50.3 Å². The van der Waals surface area contributed by atoms with E-state index in [2.05, 4.69) is 0 Å². The summed E-state index contributed by atoms with van der Waals surface area (Å²) in [5.74, 6) is 1.63. The first-order chi connectivity index (χ1) is 12.8. The SMILES string of the molecule is O=C([C@H](Sc1ccc2c(c1)OCCO2)c1ccccc1)N1CCOCC1. The van der Waals surface area contributed by atoms with E-state index in [4.69, 9.17) is 14.2 Å². The normalized spacial score (nSPS) is 17.6. The van der Waals surface area contributed by atoms with Crippen LogP contribution in [-0.2, 0) is 9.53 Å². The fourth-order valence-electron chi connectivity index (χ4n) is 3.07. The molecule has 0 saturated carbocycles. The Hall–Kier alpha value is -2.18. The molecular formula is C20H21NO4S. The Kier molecular flexibility index (Phi) is 5.32. The summed E-state index contributed by atoms with van der Waals surface area (Å²) in [5.41, 5.74) is 1.00. The average Bonchev–Trinajstić information content (AvgIpc) is 2.73. The first kappa shape index (κ1) is 17.2. The molecule has 6 heteroatoms. The quantitative estimate of drug-likeness (QED) is 0.773. The third-order valence-corrected chi connectivity index (χ3v) is 5.65. The summed E-state index contributed by atoms with van der Waals surface area (Å²) in [6, 6.07) is 15.8. The molecule has 0 bridgehead atoms. The van der Waals surface area contributed by atoms with E-state index in [1.807, 2.05) is 53.4 Å². The van der Waals surface area contributed by atoms with E-state index in [0.29, 0.717) is 39.5 Å². The van der Waals surface area contributed by atoms with Gasteiger partial charge in [-0.2, -0.15) is 0 Å². The van der Waals surface area contributed by atoms with E-state index in [-0.39, 0.29) is 11.2 Å². The lowest BCUT2D eigenvalue weighted by Gasteiger charge is -2.30. The van der Waals surface area contributed by atoms with Crippen LogP contribution >= 0.6 is 11.8 Å². The summed E-state index contributed by atoms with van der Waals surface area (Å²) in [4.78, 5) is 16.1. The summed E-state index contributed by atoms with van der Waals surface area (Å²) in [6.07, 6.45) is 0. The second-order valence-electron chi connectivity index (χ2n) is 6.15. The largest absolute Gasteiger partial charge is 0.486 e. The molecule has 0 spiro atoms. The molecule has 2 aliphatic heterocycles. The molecule has 2 aromatic rings. The maximum absolute atomic E-state index is 13.2. The number of benzene rings is 2. The standard InChI is InChI=1S/C20H21NO4S/c22-20(21-8-10-23-11-9-21)19(15-4-2-1-3-5-15)26-16-6-7-17-18(14-16)25-13-12-24-17/h1-7,14,19H,8-13H2/t19-/m1/s1. The number of rotatable bonds is 4. The molecule has 0 N–H and O–H groups in total. The second kappa shape index (κ2) is 8.01. The number of thioether (sulfide) groups is 1. The van der Waals surface area contributed by atoms with Crippen LogP contribution in [0.2, 0.25) is 0 Å². The van der Waals surface area contributed by atoms with Crippen molar-refractivity contribution >= 4 is 17.7 Å². The zero-order valence-electron chi connectivity index (χ0n) is 14.4. The van der Waals surface area contributed by atoms with Gasteiger partial charge >= 0.3 is 0 Å². The Balaban J connectivity index is 1.59. The smallest absolute Gasteiger partial charge is 0.240 e. The maximum Gasteiger partial charge on any atom is 0.240 e. The molecule has 1 atom stereocenters. The van der Waals surface area contributed by atoms with Crippen LogP contribution in [0, 0.1) is 0 Å². The zero-order chi connectivity index (χ0) is 17.8. The molecule has 0 aromatic heterocycles. The van der Waals surface area contributed by atoms with Gasteiger partial charge in [-0.1, -0.05) is 30.3 Å². The van der Waals surface area contributed by atoms with Gasteiger partial charge in [0.25, 0.3) is 0 Å². The first-order valence-electron chi connectivity index (χ1n) is 8.79. The highest BCUT2D eigenvalue weighted by atomic mass is 32.2. The summed E-state index contributed by atoms with van der Waals surface area (Å²) < 4.78 is 16.7. The minimum atomic E-state index is -0.295. The number of carbonyl (C=O) groups excluding carboxylic acids is 1. The molecule has 0 aliphatic carbocycles. The van der Waals surface area contributed by atoms with Crippen LogP contribution in [0.5, 0.6) is 11.5 Å². The van der Waals surface area contributed by atoms with Crippen LogP contribution in [0.25, 0.3) is 0 Å². The lowest BCUT2D eigenvalue weighted by Crippen LogP contribution is -2.42. The lowest BCUT2D eigenvalue weighted by molar-refractivity contribution is -0.134. The molecule has 2 aromatic carbocycles. The monoisotopic (exact) mass is 371 g/mol. The highest BCUT2D eigenvalue weighted by Gasteiger charge is 2.28. The third kappa shape index (κ3) is 3.81. The summed E-state index contributed by atoms with van der Waals surface area (Å²) in [6.45, 7) is 3.61. The van der Waals surface area contributed by atoms with Gasteiger partial charge in [0, 0.05) is 18.0 Å². The number of nitrogens with zero attached hydrogens (tertiary/aromatic N) is 1. The average molecular weight is 371 g/mol. The third-order valence-electron chi connectivity index (χ3n) is 4.42. The fourth-order valence-corrected chi connectivity index (χ4v) is 4.21. The highest BCUT2D eigenvalue weighted by Crippen LogP contribution is 2.41. The van der Waals surface area contributed by atoms with E-state index >= 15 is 0 Å². The highest BCUT2D eigenvalue weighted by molar-refractivity contribution is 8.00. The Morgan fingerprint density at radius 3 is 2.42 bits per heavy atom. The molecule has 5 nitrogen and oxygen atoms in total. The molecule has 0 unspecified atom stereocenters. The molecule has 0 radical (unpaired) electrons. The number of morpholine rings is 1. The molecule has 2 aliphatic rings. The number of carbonyl (C=O) groups is 1. The van der Waals surface area contributed by atoms with Gasteiger partial charge in [0.05, 0.1) is 13.2 Å². The summed E-state index contributed by atoms with van der Waals surface area (Å²) >= 11 is 1.55. The van der Waals surface area contributed by atoms with Crippen LogP contribution in [0.4, 0.5) is 0 Å². The van der Waals surface area contributed by atoms with Crippen molar-refractivity contribution in [3.63, 3.8) is 0 Å². The molecule has 1 amide bonds. The van der Waals surface area contributed by atoms with Crippen molar-refractivity contribution in [2.75, 3.05) is 39.5 Å². The van der Waals surface area contributed by atoms with E-state index < -0.39 is 0 Å². The summed E-state index contributed by atoms with van der Waals surface area (Å²) in [7, 11) is 0. The van der Waals surface area contributed by atoms with Crippen molar-refractivity contribution in [1.29, 1.82) is 0 Å². The molecular weight excluding hydrogens is 350 g/mol. The number of amides is 1. The van der Waals surface area contributed by atoms with Gasteiger partial charge in [-0.25, -0.2) is 0 Å². The van der Waals surface area contributed by atoms with Gasteiger partial charge in [0.2, 0.25) is 5.91 Å². The predicted molar refractivity (Wildman–Crippen MR) is 99.9 cm³/mol. The van der Waals surface area contributed by atoms with Gasteiger partial charge in [-0.05, 0) is 23.8 Å². The molecule has 4 rings (SSSR count). The van der Waals surface area contributed by atoms with E-state index in [1.54, 1.807) is 11.8 Å². The van der Waals surface area contributed by atoms with Gasteiger partial charge in [0.1, 0.15) is 18.5 Å². The Morgan fingerprint density at radius 1 is 0.923 bits per heavy atom. The van der Waals surface area contributed by atoms with Gasteiger partial charge < -0.3 is 19.1 Å². The van der Waals surface area contributed by atoms with Gasteiger partial charge in [-0.3, -0.25) is 4.79 Å². The minimum absolute atomic E-state index is 0.124.